The van der Waals surface area contributed by atoms with Crippen molar-refractivity contribution in [1.82, 2.24) is 9.80 Å². The van der Waals surface area contributed by atoms with Gasteiger partial charge >= 0.3 is 0 Å². The first-order chi connectivity index (χ1) is 16.3. The fraction of sp³-hybridized carbons (Fsp3) is 0.308. The van der Waals surface area contributed by atoms with Crippen LogP contribution in [0.15, 0.2) is 60.0 Å². The summed E-state index contributed by atoms with van der Waals surface area (Å²) >= 11 is 1.63. The van der Waals surface area contributed by atoms with Crippen molar-refractivity contribution >= 4 is 23.2 Å². The first-order valence-electron chi connectivity index (χ1n) is 11.1. The van der Waals surface area contributed by atoms with Crippen molar-refractivity contribution in [2.75, 3.05) is 19.7 Å². The SMILES string of the molecule is CC(C)N(CC(=O)N1CCc2sccc2C1COc1cccc(F)c1)C(=O)c1ccccc1F. The molecule has 1 atom stereocenters. The number of thiophene rings is 1. The minimum Gasteiger partial charge on any atom is -0.491 e. The molecule has 0 radical (unpaired) electrons. The summed E-state index contributed by atoms with van der Waals surface area (Å²) in [5.74, 6) is -1.41. The fourth-order valence-corrected chi connectivity index (χ4v) is 5.05. The molecule has 0 spiro atoms. The molecule has 1 aliphatic rings. The summed E-state index contributed by atoms with van der Waals surface area (Å²) in [5.41, 5.74) is 0.936. The van der Waals surface area contributed by atoms with Gasteiger partial charge in [-0.2, -0.15) is 0 Å². The van der Waals surface area contributed by atoms with Gasteiger partial charge in [0.2, 0.25) is 5.91 Å². The largest absolute Gasteiger partial charge is 0.491 e. The average Bonchev–Trinajstić information content (AvgIpc) is 3.30. The normalized spacial score (nSPS) is 15.2. The number of carbonyl (C=O) groups is 2. The summed E-state index contributed by atoms with van der Waals surface area (Å²) in [7, 11) is 0. The summed E-state index contributed by atoms with van der Waals surface area (Å²) in [4.78, 5) is 30.8. The maximum Gasteiger partial charge on any atom is 0.257 e. The molecule has 0 saturated heterocycles. The predicted molar refractivity (Wildman–Crippen MR) is 127 cm³/mol. The number of rotatable bonds is 7. The van der Waals surface area contributed by atoms with Gasteiger partial charge in [0.25, 0.3) is 5.91 Å². The van der Waals surface area contributed by atoms with Crippen LogP contribution in [-0.2, 0) is 11.2 Å². The Bertz CT molecular complexity index is 1180. The molecule has 0 N–H and O–H groups in total. The van der Waals surface area contributed by atoms with Crippen molar-refractivity contribution < 1.29 is 23.1 Å². The van der Waals surface area contributed by atoms with E-state index in [9.17, 15) is 18.4 Å². The number of ether oxygens (including phenoxy) is 1. The van der Waals surface area contributed by atoms with Gasteiger partial charge in [-0.05, 0) is 61.5 Å². The fourth-order valence-electron chi connectivity index (χ4n) is 4.12. The van der Waals surface area contributed by atoms with Gasteiger partial charge < -0.3 is 14.5 Å². The maximum atomic E-state index is 14.3. The molecular weight excluding hydrogens is 458 g/mol. The zero-order chi connectivity index (χ0) is 24.2. The first kappa shape index (κ1) is 23.9. The molecule has 0 bridgehead atoms. The van der Waals surface area contributed by atoms with Crippen LogP contribution in [0, 0.1) is 11.6 Å². The molecule has 4 rings (SSSR count). The van der Waals surface area contributed by atoms with Crippen LogP contribution in [0.25, 0.3) is 0 Å². The van der Waals surface area contributed by atoms with Crippen LogP contribution in [0.1, 0.15) is 40.7 Å². The third kappa shape index (κ3) is 5.12. The lowest BCUT2D eigenvalue weighted by Gasteiger charge is -2.37. The van der Waals surface area contributed by atoms with Crippen LogP contribution >= 0.6 is 11.3 Å². The summed E-state index contributed by atoms with van der Waals surface area (Å²) in [6.07, 6.45) is 0.706. The van der Waals surface area contributed by atoms with E-state index in [1.54, 1.807) is 48.3 Å². The summed E-state index contributed by atoms with van der Waals surface area (Å²) in [6, 6.07) is 12.9. The standard InChI is InChI=1S/C26H26F2N2O3S/c1-17(2)30(26(32)20-8-3-4-9-22(20)28)15-25(31)29-12-10-24-21(11-13-34-24)23(29)16-33-19-7-5-6-18(27)14-19/h3-9,11,13-14,17,23H,10,12,15-16H2,1-2H3. The Morgan fingerprint density at radius 1 is 1.15 bits per heavy atom. The molecule has 2 heterocycles. The minimum atomic E-state index is -0.618. The molecule has 178 valence electrons. The molecule has 34 heavy (non-hydrogen) atoms. The number of hydrogen-bond acceptors (Lipinski definition) is 4. The molecule has 2 aromatic carbocycles. The Hall–Kier alpha value is -3.26. The quantitative estimate of drug-likeness (QED) is 0.470. The van der Waals surface area contributed by atoms with E-state index < -0.39 is 17.5 Å². The first-order valence-corrected chi connectivity index (χ1v) is 12.0. The Kier molecular flexibility index (Phi) is 7.26. The van der Waals surface area contributed by atoms with E-state index in [1.807, 2.05) is 11.4 Å². The van der Waals surface area contributed by atoms with Gasteiger partial charge in [-0.15, -0.1) is 11.3 Å². The number of amides is 2. The molecule has 1 unspecified atom stereocenters. The number of hydrogen-bond donors (Lipinski definition) is 0. The molecule has 8 heteroatoms. The molecular formula is C26H26F2N2O3S. The highest BCUT2D eigenvalue weighted by molar-refractivity contribution is 7.10. The second kappa shape index (κ2) is 10.3. The molecule has 0 aliphatic carbocycles. The third-order valence-electron chi connectivity index (χ3n) is 5.91. The lowest BCUT2D eigenvalue weighted by Crippen LogP contribution is -2.49. The second-order valence-corrected chi connectivity index (χ2v) is 9.43. The van der Waals surface area contributed by atoms with Gasteiger partial charge in [0.1, 0.15) is 30.5 Å². The van der Waals surface area contributed by atoms with Crippen LogP contribution in [0.3, 0.4) is 0 Å². The highest BCUT2D eigenvalue weighted by Crippen LogP contribution is 2.34. The van der Waals surface area contributed by atoms with Crippen LogP contribution in [-0.4, -0.2) is 47.4 Å². The number of halogens is 2. The highest BCUT2D eigenvalue weighted by Gasteiger charge is 2.34. The number of carbonyl (C=O) groups excluding carboxylic acids is 2. The van der Waals surface area contributed by atoms with E-state index in [-0.39, 0.29) is 36.7 Å². The Balaban J connectivity index is 1.54. The van der Waals surface area contributed by atoms with Crippen LogP contribution in [0.2, 0.25) is 0 Å². The van der Waals surface area contributed by atoms with E-state index in [4.69, 9.17) is 4.74 Å². The van der Waals surface area contributed by atoms with Crippen LogP contribution in [0.4, 0.5) is 8.78 Å². The number of benzene rings is 2. The summed E-state index contributed by atoms with van der Waals surface area (Å²) in [6.45, 7) is 4.04. The van der Waals surface area contributed by atoms with E-state index in [0.717, 1.165) is 5.56 Å². The molecule has 1 aromatic heterocycles. The van der Waals surface area contributed by atoms with Crippen molar-refractivity contribution in [1.29, 1.82) is 0 Å². The molecule has 3 aromatic rings. The van der Waals surface area contributed by atoms with Crippen molar-refractivity contribution in [3.8, 4) is 5.75 Å². The van der Waals surface area contributed by atoms with Crippen molar-refractivity contribution in [2.45, 2.75) is 32.4 Å². The van der Waals surface area contributed by atoms with Crippen molar-refractivity contribution in [2.24, 2.45) is 0 Å². The van der Waals surface area contributed by atoms with Gasteiger partial charge in [-0.1, -0.05) is 18.2 Å². The lowest BCUT2D eigenvalue weighted by atomic mass is 10.00. The topological polar surface area (TPSA) is 49.9 Å². The Labute approximate surface area is 201 Å². The summed E-state index contributed by atoms with van der Waals surface area (Å²) < 4.78 is 33.7. The van der Waals surface area contributed by atoms with Crippen LogP contribution < -0.4 is 4.74 Å². The monoisotopic (exact) mass is 484 g/mol. The number of fused-ring (bicyclic) bond motifs is 1. The minimum absolute atomic E-state index is 0.0613. The zero-order valence-corrected chi connectivity index (χ0v) is 19.9. The summed E-state index contributed by atoms with van der Waals surface area (Å²) in [5, 5.41) is 1.98. The van der Waals surface area contributed by atoms with Crippen molar-refractivity contribution in [3.05, 3.63) is 87.6 Å². The van der Waals surface area contributed by atoms with E-state index in [2.05, 4.69) is 0 Å². The lowest BCUT2D eigenvalue weighted by molar-refractivity contribution is -0.136. The van der Waals surface area contributed by atoms with Crippen LogP contribution in [0.5, 0.6) is 5.75 Å². The predicted octanol–water partition coefficient (Wildman–Crippen LogP) is 5.08. The smallest absolute Gasteiger partial charge is 0.257 e. The molecule has 5 nitrogen and oxygen atoms in total. The van der Waals surface area contributed by atoms with Crippen molar-refractivity contribution in [3.63, 3.8) is 0 Å². The van der Waals surface area contributed by atoms with Gasteiger partial charge in [-0.3, -0.25) is 9.59 Å². The molecule has 0 fully saturated rings. The zero-order valence-electron chi connectivity index (χ0n) is 19.0. The van der Waals surface area contributed by atoms with E-state index in [0.29, 0.717) is 18.7 Å². The van der Waals surface area contributed by atoms with E-state index in [1.165, 1.54) is 40.1 Å². The van der Waals surface area contributed by atoms with Gasteiger partial charge in [0, 0.05) is 23.5 Å². The maximum absolute atomic E-state index is 14.3. The molecule has 1 aliphatic heterocycles. The molecule has 2 amide bonds. The van der Waals surface area contributed by atoms with E-state index >= 15 is 0 Å². The Morgan fingerprint density at radius 3 is 2.68 bits per heavy atom. The third-order valence-corrected chi connectivity index (χ3v) is 6.91. The highest BCUT2D eigenvalue weighted by atomic mass is 32.1. The Morgan fingerprint density at radius 2 is 1.94 bits per heavy atom. The average molecular weight is 485 g/mol. The van der Waals surface area contributed by atoms with Gasteiger partial charge in [0.15, 0.2) is 0 Å². The second-order valence-electron chi connectivity index (χ2n) is 8.43. The van der Waals surface area contributed by atoms with Gasteiger partial charge in [0.05, 0.1) is 11.6 Å². The molecule has 0 saturated carbocycles. The number of nitrogens with zero attached hydrogens (tertiary/aromatic N) is 2. The van der Waals surface area contributed by atoms with Gasteiger partial charge in [-0.25, -0.2) is 8.78 Å².